The van der Waals surface area contributed by atoms with Crippen LogP contribution in [-0.2, 0) is 15.1 Å². The Hall–Kier alpha value is -3.93. The highest BCUT2D eigenvalue weighted by molar-refractivity contribution is 5.90. The molecule has 6 nitrogen and oxygen atoms in total. The van der Waals surface area contributed by atoms with Gasteiger partial charge in [0.05, 0.1) is 17.6 Å². The molecule has 3 aliphatic rings. The lowest BCUT2D eigenvalue weighted by Crippen LogP contribution is -2.46. The molecule has 0 amide bonds. The summed E-state index contributed by atoms with van der Waals surface area (Å²) in [5, 5.41) is 13.8. The van der Waals surface area contributed by atoms with Crippen molar-refractivity contribution >= 4 is 23.4 Å². The fourth-order valence-electron chi connectivity index (χ4n) is 5.88. The first-order valence-electron chi connectivity index (χ1n) is 10.6. The van der Waals surface area contributed by atoms with E-state index in [9.17, 15) is 14.9 Å². The zero-order valence-electron chi connectivity index (χ0n) is 17.4. The number of nitro benzene ring substituents is 1. The van der Waals surface area contributed by atoms with Gasteiger partial charge in [-0.15, -0.1) is 0 Å². The highest BCUT2D eigenvalue weighted by atomic mass is 16.6. The van der Waals surface area contributed by atoms with Gasteiger partial charge in [-0.05, 0) is 40.0 Å². The molecule has 2 unspecified atom stereocenters. The van der Waals surface area contributed by atoms with Crippen molar-refractivity contribution in [2.75, 3.05) is 13.7 Å². The maximum absolute atomic E-state index is 13.0. The van der Waals surface area contributed by atoms with E-state index < -0.39 is 11.5 Å². The molecule has 0 radical (unpaired) electrons. The summed E-state index contributed by atoms with van der Waals surface area (Å²) in [6.07, 6.45) is 2.64. The lowest BCUT2D eigenvalue weighted by molar-refractivity contribution is -0.385. The van der Waals surface area contributed by atoms with Crippen molar-refractivity contribution in [2.24, 2.45) is 5.92 Å². The number of nitrogens with zero attached hydrogens (tertiary/aromatic N) is 2. The van der Waals surface area contributed by atoms with Crippen LogP contribution in [0, 0.1) is 16.0 Å². The number of benzene rings is 3. The monoisotopic (exact) mass is 424 g/mol. The Morgan fingerprint density at radius 3 is 2.62 bits per heavy atom. The molecule has 2 atom stereocenters. The molecule has 158 valence electrons. The van der Waals surface area contributed by atoms with Gasteiger partial charge in [-0.2, -0.15) is 0 Å². The first-order valence-corrected chi connectivity index (χ1v) is 10.6. The van der Waals surface area contributed by atoms with Gasteiger partial charge in [0.25, 0.3) is 5.69 Å². The second kappa shape index (κ2) is 6.53. The number of esters is 1. The lowest BCUT2D eigenvalue weighted by atomic mass is 9.82. The van der Waals surface area contributed by atoms with Crippen LogP contribution in [0.1, 0.15) is 17.5 Å². The summed E-state index contributed by atoms with van der Waals surface area (Å²) in [6.45, 7) is 0.607. The molecule has 0 saturated carbocycles. The van der Waals surface area contributed by atoms with E-state index in [1.807, 2.05) is 36.4 Å². The normalized spacial score (nSPS) is 22.0. The largest absolute Gasteiger partial charge is 0.469 e. The Kier molecular flexibility index (Phi) is 3.84. The summed E-state index contributed by atoms with van der Waals surface area (Å²) in [5.41, 5.74) is 4.31. The van der Waals surface area contributed by atoms with Gasteiger partial charge in [-0.3, -0.25) is 14.9 Å². The van der Waals surface area contributed by atoms with Crippen LogP contribution in [0.3, 0.4) is 0 Å². The molecule has 0 aromatic heterocycles. The highest BCUT2D eigenvalue weighted by Gasteiger charge is 2.57. The van der Waals surface area contributed by atoms with Crippen LogP contribution in [0.4, 0.5) is 5.69 Å². The van der Waals surface area contributed by atoms with Gasteiger partial charge in [0.15, 0.2) is 0 Å². The minimum Gasteiger partial charge on any atom is -0.469 e. The predicted molar refractivity (Wildman–Crippen MR) is 120 cm³/mol. The lowest BCUT2D eigenvalue weighted by Gasteiger charge is -2.39. The zero-order valence-corrected chi connectivity index (χ0v) is 17.4. The minimum absolute atomic E-state index is 0.0559. The number of hydrogen-bond donors (Lipinski definition) is 0. The van der Waals surface area contributed by atoms with Crippen LogP contribution >= 0.6 is 0 Å². The molecule has 3 aromatic rings. The van der Waals surface area contributed by atoms with Crippen molar-refractivity contribution in [3.63, 3.8) is 0 Å². The standard InChI is InChI=1S/C26H20N2O4/c1-32-25(29)21-15-26(27-13-12-16-6-2-3-7-18(16)24(21)27)22-9-5-4-8-19(22)20-11-10-17(28(30)31)14-23(20)26/h2-12,14,21H,13,15H2,1H3. The average molecular weight is 424 g/mol. The Labute approximate surface area is 184 Å². The summed E-state index contributed by atoms with van der Waals surface area (Å²) < 4.78 is 5.23. The fourth-order valence-corrected chi connectivity index (χ4v) is 5.88. The Morgan fingerprint density at radius 1 is 1.06 bits per heavy atom. The highest BCUT2D eigenvalue weighted by Crippen LogP contribution is 2.60. The Bertz CT molecular complexity index is 1440. The number of ether oxygens (including phenoxy) is 1. The third kappa shape index (κ3) is 2.26. The smallest absolute Gasteiger partial charge is 0.314 e. The maximum Gasteiger partial charge on any atom is 0.314 e. The van der Waals surface area contributed by atoms with E-state index in [0.29, 0.717) is 13.0 Å². The van der Waals surface area contributed by atoms with Crippen molar-refractivity contribution in [1.29, 1.82) is 0 Å². The number of nitro groups is 1. The molecule has 1 fully saturated rings. The Morgan fingerprint density at radius 2 is 1.81 bits per heavy atom. The number of fused-ring (bicyclic) bond motifs is 8. The van der Waals surface area contributed by atoms with Crippen LogP contribution in [0.25, 0.3) is 22.9 Å². The number of hydrogen-bond acceptors (Lipinski definition) is 5. The fraction of sp³-hybridized carbons (Fsp3) is 0.192. The maximum atomic E-state index is 13.0. The van der Waals surface area contributed by atoms with Gasteiger partial charge in [0, 0.05) is 29.6 Å². The molecule has 2 heterocycles. The van der Waals surface area contributed by atoms with Crippen LogP contribution in [0.5, 0.6) is 0 Å². The summed E-state index contributed by atoms with van der Waals surface area (Å²) in [4.78, 5) is 26.6. The SMILES string of the molecule is COC(=O)C1CC2(c3ccccc3-c3ccc([N+](=O)[O-])cc32)N2CC=c3ccccc3=C12. The minimum atomic E-state index is -0.670. The van der Waals surface area contributed by atoms with Gasteiger partial charge in [0.1, 0.15) is 5.92 Å². The summed E-state index contributed by atoms with van der Waals surface area (Å²) in [7, 11) is 1.42. The second-order valence-electron chi connectivity index (χ2n) is 8.46. The van der Waals surface area contributed by atoms with Crippen LogP contribution in [0.15, 0.2) is 66.7 Å². The molecule has 0 N–H and O–H groups in total. The molecular formula is C26H20N2O4. The molecule has 1 saturated heterocycles. The molecular weight excluding hydrogens is 404 g/mol. The molecule has 1 aliphatic carbocycles. The second-order valence-corrected chi connectivity index (χ2v) is 8.46. The van der Waals surface area contributed by atoms with Gasteiger partial charge in [-0.25, -0.2) is 0 Å². The van der Waals surface area contributed by atoms with Gasteiger partial charge in [-0.1, -0.05) is 54.6 Å². The molecule has 6 heteroatoms. The Balaban J connectivity index is 1.71. The van der Waals surface area contributed by atoms with E-state index in [2.05, 4.69) is 29.2 Å². The zero-order chi connectivity index (χ0) is 22.0. The number of methoxy groups -OCH3 is 1. The first-order chi connectivity index (χ1) is 15.6. The third-order valence-electron chi connectivity index (χ3n) is 7.12. The molecule has 2 aliphatic heterocycles. The number of carbonyl (C=O) groups is 1. The van der Waals surface area contributed by atoms with Crippen molar-refractivity contribution in [2.45, 2.75) is 12.0 Å². The van der Waals surface area contributed by atoms with Crippen LogP contribution < -0.4 is 10.4 Å². The van der Waals surface area contributed by atoms with Gasteiger partial charge >= 0.3 is 5.97 Å². The van der Waals surface area contributed by atoms with Crippen molar-refractivity contribution in [3.8, 4) is 11.1 Å². The quantitative estimate of drug-likeness (QED) is 0.359. The van der Waals surface area contributed by atoms with Crippen LogP contribution in [-0.4, -0.2) is 29.4 Å². The number of rotatable bonds is 2. The van der Waals surface area contributed by atoms with E-state index in [1.54, 1.807) is 12.1 Å². The topological polar surface area (TPSA) is 72.7 Å². The molecule has 32 heavy (non-hydrogen) atoms. The van der Waals surface area contributed by atoms with E-state index in [1.165, 1.54) is 7.11 Å². The van der Waals surface area contributed by atoms with E-state index in [4.69, 9.17) is 4.74 Å². The first kappa shape index (κ1) is 18.8. The molecule has 1 spiro atoms. The van der Waals surface area contributed by atoms with E-state index in [0.717, 1.165) is 38.4 Å². The molecule has 0 bridgehead atoms. The summed E-state index contributed by atoms with van der Waals surface area (Å²) >= 11 is 0. The summed E-state index contributed by atoms with van der Waals surface area (Å²) in [5.74, 6) is -0.747. The predicted octanol–water partition coefficient (Wildman–Crippen LogP) is 2.92. The molecule has 3 aromatic carbocycles. The van der Waals surface area contributed by atoms with Crippen molar-refractivity contribution in [3.05, 3.63) is 98.4 Å². The van der Waals surface area contributed by atoms with Crippen molar-refractivity contribution in [1.82, 2.24) is 4.90 Å². The third-order valence-corrected chi connectivity index (χ3v) is 7.12. The van der Waals surface area contributed by atoms with E-state index in [-0.39, 0.29) is 16.6 Å². The van der Waals surface area contributed by atoms with Crippen LogP contribution in [0.2, 0.25) is 0 Å². The van der Waals surface area contributed by atoms with Gasteiger partial charge < -0.3 is 9.64 Å². The van der Waals surface area contributed by atoms with E-state index >= 15 is 0 Å². The van der Waals surface area contributed by atoms with Crippen molar-refractivity contribution < 1.29 is 14.5 Å². The number of non-ortho nitro benzene ring substituents is 1. The average Bonchev–Trinajstić information content (AvgIpc) is 3.33. The summed E-state index contributed by atoms with van der Waals surface area (Å²) in [6, 6.07) is 21.3. The van der Waals surface area contributed by atoms with Gasteiger partial charge in [0.2, 0.25) is 0 Å². The molecule has 6 rings (SSSR count). The number of carbonyl (C=O) groups excluding carboxylic acids is 1.